The van der Waals surface area contributed by atoms with Crippen LogP contribution in [0.15, 0.2) is 30.3 Å². The maximum atomic E-state index is 12.8. The molecule has 126 valence electrons. The summed E-state index contributed by atoms with van der Waals surface area (Å²) >= 11 is 0. The molecule has 2 atom stereocenters. The summed E-state index contributed by atoms with van der Waals surface area (Å²) in [5, 5.41) is 8.09. The van der Waals surface area contributed by atoms with Gasteiger partial charge in [-0.1, -0.05) is 25.1 Å². The van der Waals surface area contributed by atoms with Crippen molar-refractivity contribution in [3.05, 3.63) is 42.0 Å². The van der Waals surface area contributed by atoms with E-state index < -0.39 is 0 Å². The van der Waals surface area contributed by atoms with Crippen LogP contribution in [0.1, 0.15) is 43.9 Å². The van der Waals surface area contributed by atoms with Gasteiger partial charge >= 0.3 is 0 Å². The standard InChI is InChI=1S/C18H23N5O/c1-2-16-20-17-14(9-6-11-23(17)21-16)19-15-10-12-22(18(15)24)13-7-4-3-5-8-13/h3-5,7-8,14-15,19H,2,6,9-12H2,1H3/t14-,15-/m0/s1. The van der Waals surface area contributed by atoms with Crippen LogP contribution >= 0.6 is 0 Å². The Labute approximate surface area is 141 Å². The second-order valence-corrected chi connectivity index (χ2v) is 6.49. The number of rotatable bonds is 4. The number of hydrogen-bond acceptors (Lipinski definition) is 4. The topological polar surface area (TPSA) is 63.1 Å². The molecule has 1 fully saturated rings. The van der Waals surface area contributed by atoms with Gasteiger partial charge < -0.3 is 4.90 Å². The van der Waals surface area contributed by atoms with E-state index in [9.17, 15) is 4.79 Å². The Kier molecular flexibility index (Phi) is 4.06. The van der Waals surface area contributed by atoms with Crippen LogP contribution in [0.25, 0.3) is 0 Å². The third-order valence-electron chi connectivity index (χ3n) is 4.91. The first kappa shape index (κ1) is 15.3. The van der Waals surface area contributed by atoms with Crippen molar-refractivity contribution in [1.82, 2.24) is 20.1 Å². The lowest BCUT2D eigenvalue weighted by Gasteiger charge is -2.26. The van der Waals surface area contributed by atoms with E-state index in [-0.39, 0.29) is 18.0 Å². The number of fused-ring (bicyclic) bond motifs is 1. The predicted molar refractivity (Wildman–Crippen MR) is 91.7 cm³/mol. The number of anilines is 1. The zero-order chi connectivity index (χ0) is 16.5. The number of para-hydroxylation sites is 1. The fraction of sp³-hybridized carbons (Fsp3) is 0.500. The highest BCUT2D eigenvalue weighted by Crippen LogP contribution is 2.27. The molecule has 2 aliphatic heterocycles. The fourth-order valence-electron chi connectivity index (χ4n) is 3.65. The van der Waals surface area contributed by atoms with Gasteiger partial charge in [-0.15, -0.1) is 0 Å². The average molecular weight is 325 g/mol. The summed E-state index contributed by atoms with van der Waals surface area (Å²) in [6, 6.07) is 9.88. The van der Waals surface area contributed by atoms with Crippen molar-refractivity contribution in [3.63, 3.8) is 0 Å². The molecular formula is C18H23N5O. The Hall–Kier alpha value is -2.21. The highest BCUT2D eigenvalue weighted by Gasteiger charge is 2.35. The van der Waals surface area contributed by atoms with E-state index in [4.69, 9.17) is 0 Å². The van der Waals surface area contributed by atoms with E-state index >= 15 is 0 Å². The Bertz CT molecular complexity index is 726. The van der Waals surface area contributed by atoms with Gasteiger partial charge in [0.1, 0.15) is 5.82 Å². The number of aryl methyl sites for hydroxylation is 2. The molecule has 0 bridgehead atoms. The van der Waals surface area contributed by atoms with Crippen molar-refractivity contribution in [2.24, 2.45) is 0 Å². The molecule has 2 aromatic rings. The first-order valence-electron chi connectivity index (χ1n) is 8.82. The number of carbonyl (C=O) groups is 1. The number of carbonyl (C=O) groups excluding carboxylic acids is 1. The van der Waals surface area contributed by atoms with Crippen LogP contribution in [-0.4, -0.2) is 33.3 Å². The maximum Gasteiger partial charge on any atom is 0.244 e. The van der Waals surface area contributed by atoms with E-state index in [1.54, 1.807) is 0 Å². The van der Waals surface area contributed by atoms with Crippen molar-refractivity contribution in [2.45, 2.75) is 51.2 Å². The molecule has 1 amide bonds. The molecule has 1 saturated heterocycles. The number of benzene rings is 1. The number of hydrogen-bond donors (Lipinski definition) is 1. The number of nitrogens with zero attached hydrogens (tertiary/aromatic N) is 4. The molecule has 2 aliphatic rings. The highest BCUT2D eigenvalue weighted by atomic mass is 16.2. The van der Waals surface area contributed by atoms with E-state index in [1.807, 2.05) is 39.9 Å². The largest absolute Gasteiger partial charge is 0.311 e. The Morgan fingerprint density at radius 1 is 1.17 bits per heavy atom. The Morgan fingerprint density at radius 3 is 2.79 bits per heavy atom. The summed E-state index contributed by atoms with van der Waals surface area (Å²) in [5.41, 5.74) is 0.979. The summed E-state index contributed by atoms with van der Waals surface area (Å²) in [4.78, 5) is 19.3. The lowest BCUT2D eigenvalue weighted by molar-refractivity contribution is -0.119. The molecule has 0 unspecified atom stereocenters. The molecule has 0 aliphatic carbocycles. The van der Waals surface area contributed by atoms with E-state index in [1.165, 1.54) is 0 Å². The van der Waals surface area contributed by atoms with Crippen LogP contribution in [0.2, 0.25) is 0 Å². The van der Waals surface area contributed by atoms with Crippen molar-refractivity contribution in [1.29, 1.82) is 0 Å². The van der Waals surface area contributed by atoms with Gasteiger partial charge in [-0.25, -0.2) is 9.67 Å². The fourth-order valence-corrected chi connectivity index (χ4v) is 3.65. The minimum atomic E-state index is -0.136. The third kappa shape index (κ3) is 2.71. The average Bonchev–Trinajstić information content (AvgIpc) is 3.20. The zero-order valence-electron chi connectivity index (χ0n) is 14.0. The van der Waals surface area contributed by atoms with Crippen LogP contribution in [0, 0.1) is 0 Å². The van der Waals surface area contributed by atoms with Crippen molar-refractivity contribution in [2.75, 3.05) is 11.4 Å². The Balaban J connectivity index is 1.49. The van der Waals surface area contributed by atoms with Gasteiger partial charge in [-0.2, -0.15) is 5.10 Å². The molecule has 6 heteroatoms. The second-order valence-electron chi connectivity index (χ2n) is 6.49. The minimum Gasteiger partial charge on any atom is -0.311 e. The van der Waals surface area contributed by atoms with Crippen molar-refractivity contribution >= 4 is 11.6 Å². The molecular weight excluding hydrogens is 302 g/mol. The smallest absolute Gasteiger partial charge is 0.244 e. The highest BCUT2D eigenvalue weighted by molar-refractivity contribution is 5.99. The number of aromatic nitrogens is 3. The van der Waals surface area contributed by atoms with Gasteiger partial charge in [0.25, 0.3) is 0 Å². The van der Waals surface area contributed by atoms with E-state index in [2.05, 4.69) is 22.3 Å². The summed E-state index contributed by atoms with van der Waals surface area (Å²) in [6.07, 6.45) is 3.76. The lowest BCUT2D eigenvalue weighted by Crippen LogP contribution is -2.42. The lowest BCUT2D eigenvalue weighted by atomic mass is 10.1. The van der Waals surface area contributed by atoms with Gasteiger partial charge in [0, 0.05) is 25.2 Å². The molecule has 0 saturated carbocycles. The van der Waals surface area contributed by atoms with E-state index in [0.717, 1.165) is 56.1 Å². The summed E-state index contributed by atoms with van der Waals surface area (Å²) in [7, 11) is 0. The quantitative estimate of drug-likeness (QED) is 0.935. The van der Waals surface area contributed by atoms with Crippen LogP contribution in [-0.2, 0) is 17.8 Å². The van der Waals surface area contributed by atoms with Crippen LogP contribution < -0.4 is 10.2 Å². The normalized spacial score (nSPS) is 23.5. The molecule has 1 N–H and O–H groups in total. The predicted octanol–water partition coefficient (Wildman–Crippen LogP) is 2.07. The number of nitrogens with one attached hydrogen (secondary N) is 1. The summed E-state index contributed by atoms with van der Waals surface area (Å²) < 4.78 is 2.01. The SMILES string of the molecule is CCc1nc2n(n1)CCC[C@@H]2N[C@H]1CCN(c2ccccc2)C1=O. The van der Waals surface area contributed by atoms with Gasteiger partial charge in [0.15, 0.2) is 5.82 Å². The maximum absolute atomic E-state index is 12.8. The molecule has 3 heterocycles. The van der Waals surface area contributed by atoms with Crippen molar-refractivity contribution < 1.29 is 4.79 Å². The molecule has 6 nitrogen and oxygen atoms in total. The van der Waals surface area contributed by atoms with Gasteiger partial charge in [0.2, 0.25) is 5.91 Å². The molecule has 0 radical (unpaired) electrons. The summed E-state index contributed by atoms with van der Waals surface area (Å²) in [6.45, 7) is 3.76. The Morgan fingerprint density at radius 2 is 2.00 bits per heavy atom. The van der Waals surface area contributed by atoms with Crippen LogP contribution in [0.5, 0.6) is 0 Å². The molecule has 24 heavy (non-hydrogen) atoms. The molecule has 1 aromatic heterocycles. The molecule has 1 aromatic carbocycles. The zero-order valence-corrected chi connectivity index (χ0v) is 14.0. The first-order chi connectivity index (χ1) is 11.8. The minimum absolute atomic E-state index is 0.122. The van der Waals surface area contributed by atoms with Gasteiger partial charge in [-0.3, -0.25) is 10.1 Å². The first-order valence-corrected chi connectivity index (χ1v) is 8.82. The third-order valence-corrected chi connectivity index (χ3v) is 4.91. The monoisotopic (exact) mass is 325 g/mol. The molecule has 4 rings (SSSR count). The van der Waals surface area contributed by atoms with Gasteiger partial charge in [0.05, 0.1) is 12.1 Å². The van der Waals surface area contributed by atoms with Crippen molar-refractivity contribution in [3.8, 4) is 0 Å². The van der Waals surface area contributed by atoms with E-state index in [0.29, 0.717) is 0 Å². The van der Waals surface area contributed by atoms with Gasteiger partial charge in [-0.05, 0) is 31.4 Å². The molecule has 0 spiro atoms. The van der Waals surface area contributed by atoms with Crippen LogP contribution in [0.3, 0.4) is 0 Å². The van der Waals surface area contributed by atoms with Crippen LogP contribution in [0.4, 0.5) is 5.69 Å². The number of amides is 1. The second kappa shape index (κ2) is 6.36. The summed E-state index contributed by atoms with van der Waals surface area (Å²) in [5.74, 6) is 2.04.